The Balaban J connectivity index is 2.19. The number of halogens is 2. The molecule has 25 heavy (non-hydrogen) atoms. The summed E-state index contributed by atoms with van der Waals surface area (Å²) in [6.07, 6.45) is 0. The first-order valence-corrected chi connectivity index (χ1v) is 9.48. The van der Waals surface area contributed by atoms with Crippen LogP contribution < -0.4 is 5.32 Å². The summed E-state index contributed by atoms with van der Waals surface area (Å²) in [5.41, 5.74) is 0.621. The van der Waals surface area contributed by atoms with E-state index in [1.54, 1.807) is 13.8 Å². The number of nitrogens with one attached hydrogen (secondary N) is 1. The summed E-state index contributed by atoms with van der Waals surface area (Å²) in [4.78, 5) is 12.3. The lowest BCUT2D eigenvalue weighted by Crippen LogP contribution is -2.30. The SMILES string of the molecule is CCN(CC)S(=O)(=O)c1ccc(C(=O)Nc2ccc(F)c(Cl)c2)cc1. The van der Waals surface area contributed by atoms with Gasteiger partial charge < -0.3 is 5.32 Å². The Hall–Kier alpha value is -1.96. The Kier molecular flexibility index (Phi) is 6.16. The van der Waals surface area contributed by atoms with Crippen molar-refractivity contribution in [3.8, 4) is 0 Å². The van der Waals surface area contributed by atoms with E-state index in [0.717, 1.165) is 6.07 Å². The highest BCUT2D eigenvalue weighted by Crippen LogP contribution is 2.21. The Morgan fingerprint density at radius 3 is 2.24 bits per heavy atom. The van der Waals surface area contributed by atoms with Crippen LogP contribution in [-0.2, 0) is 10.0 Å². The Morgan fingerprint density at radius 1 is 1.12 bits per heavy atom. The van der Waals surface area contributed by atoms with Crippen molar-refractivity contribution >= 4 is 33.2 Å². The van der Waals surface area contributed by atoms with Gasteiger partial charge in [0.1, 0.15) is 5.82 Å². The fraction of sp³-hybridized carbons (Fsp3) is 0.235. The van der Waals surface area contributed by atoms with Crippen LogP contribution in [0.4, 0.5) is 10.1 Å². The van der Waals surface area contributed by atoms with E-state index in [1.807, 2.05) is 0 Å². The molecular formula is C17H18ClFN2O3S. The van der Waals surface area contributed by atoms with Crippen molar-refractivity contribution in [3.63, 3.8) is 0 Å². The molecule has 5 nitrogen and oxygen atoms in total. The minimum atomic E-state index is -3.57. The van der Waals surface area contributed by atoms with Gasteiger partial charge in [-0.2, -0.15) is 4.31 Å². The van der Waals surface area contributed by atoms with Gasteiger partial charge in [-0.15, -0.1) is 0 Å². The summed E-state index contributed by atoms with van der Waals surface area (Å²) in [5.74, 6) is -1.03. The molecule has 2 aromatic rings. The second-order valence-electron chi connectivity index (χ2n) is 5.20. The van der Waals surface area contributed by atoms with Crippen molar-refractivity contribution in [1.82, 2.24) is 4.31 Å². The van der Waals surface area contributed by atoms with Crippen LogP contribution in [0.25, 0.3) is 0 Å². The first-order valence-electron chi connectivity index (χ1n) is 7.66. The van der Waals surface area contributed by atoms with Gasteiger partial charge in [0, 0.05) is 24.3 Å². The summed E-state index contributed by atoms with van der Waals surface area (Å²) < 4.78 is 39.3. The van der Waals surface area contributed by atoms with Crippen LogP contribution in [0.3, 0.4) is 0 Å². The maximum Gasteiger partial charge on any atom is 0.255 e. The topological polar surface area (TPSA) is 66.5 Å². The lowest BCUT2D eigenvalue weighted by Gasteiger charge is -2.18. The van der Waals surface area contributed by atoms with E-state index in [9.17, 15) is 17.6 Å². The van der Waals surface area contributed by atoms with Crippen molar-refractivity contribution in [1.29, 1.82) is 0 Å². The van der Waals surface area contributed by atoms with Crippen LogP contribution in [0, 0.1) is 5.82 Å². The van der Waals surface area contributed by atoms with E-state index < -0.39 is 21.7 Å². The van der Waals surface area contributed by atoms with Gasteiger partial charge in [-0.05, 0) is 42.5 Å². The highest BCUT2D eigenvalue weighted by Gasteiger charge is 2.21. The van der Waals surface area contributed by atoms with E-state index in [-0.39, 0.29) is 15.5 Å². The molecule has 0 saturated heterocycles. The van der Waals surface area contributed by atoms with Crippen molar-refractivity contribution in [2.24, 2.45) is 0 Å². The van der Waals surface area contributed by atoms with E-state index in [2.05, 4.69) is 5.32 Å². The smallest absolute Gasteiger partial charge is 0.255 e. The predicted octanol–water partition coefficient (Wildman–Crippen LogP) is 3.76. The van der Waals surface area contributed by atoms with Gasteiger partial charge in [0.15, 0.2) is 0 Å². The fourth-order valence-corrected chi connectivity index (χ4v) is 3.91. The number of rotatable bonds is 6. The minimum absolute atomic E-state index is 0.0986. The molecule has 1 amide bonds. The van der Waals surface area contributed by atoms with Crippen LogP contribution in [0.5, 0.6) is 0 Å². The Morgan fingerprint density at radius 2 is 1.72 bits per heavy atom. The summed E-state index contributed by atoms with van der Waals surface area (Å²) in [7, 11) is -3.57. The van der Waals surface area contributed by atoms with Crippen LogP contribution in [0.15, 0.2) is 47.4 Å². The monoisotopic (exact) mass is 384 g/mol. The number of benzene rings is 2. The summed E-state index contributed by atoms with van der Waals surface area (Å²) in [5, 5.41) is 2.48. The first kappa shape index (κ1) is 19.4. The maximum atomic E-state index is 13.1. The number of sulfonamides is 1. The number of nitrogens with zero attached hydrogens (tertiary/aromatic N) is 1. The second kappa shape index (κ2) is 7.95. The molecule has 2 rings (SSSR count). The van der Waals surface area contributed by atoms with E-state index >= 15 is 0 Å². The fourth-order valence-electron chi connectivity index (χ4n) is 2.27. The van der Waals surface area contributed by atoms with Crippen LogP contribution in [0.2, 0.25) is 5.02 Å². The third-order valence-corrected chi connectivity index (χ3v) is 5.99. The molecule has 0 saturated carbocycles. The largest absolute Gasteiger partial charge is 0.322 e. The number of amides is 1. The van der Waals surface area contributed by atoms with Gasteiger partial charge in [-0.1, -0.05) is 25.4 Å². The molecule has 0 unspecified atom stereocenters. The third kappa shape index (κ3) is 4.36. The molecule has 0 spiro atoms. The average molecular weight is 385 g/mol. The lowest BCUT2D eigenvalue weighted by atomic mass is 10.2. The van der Waals surface area contributed by atoms with E-state index in [4.69, 9.17) is 11.6 Å². The number of anilines is 1. The Bertz CT molecular complexity index is 866. The average Bonchev–Trinajstić information content (AvgIpc) is 2.59. The maximum absolute atomic E-state index is 13.1. The van der Waals surface area contributed by atoms with Crippen molar-refractivity contribution in [2.45, 2.75) is 18.7 Å². The molecule has 0 aromatic heterocycles. The van der Waals surface area contributed by atoms with Gasteiger partial charge in [-0.3, -0.25) is 4.79 Å². The van der Waals surface area contributed by atoms with Gasteiger partial charge >= 0.3 is 0 Å². The first-order chi connectivity index (χ1) is 11.8. The van der Waals surface area contributed by atoms with E-state index in [0.29, 0.717) is 18.8 Å². The zero-order valence-corrected chi connectivity index (χ0v) is 15.4. The zero-order chi connectivity index (χ0) is 18.6. The Labute approximate surface area is 151 Å². The molecular weight excluding hydrogens is 367 g/mol. The number of hydrogen-bond donors (Lipinski definition) is 1. The van der Waals surface area contributed by atoms with Gasteiger partial charge in [0.25, 0.3) is 5.91 Å². The zero-order valence-electron chi connectivity index (χ0n) is 13.8. The molecule has 2 aromatic carbocycles. The van der Waals surface area contributed by atoms with Gasteiger partial charge in [0.05, 0.1) is 9.92 Å². The molecule has 0 heterocycles. The molecule has 0 bridgehead atoms. The number of carbonyl (C=O) groups excluding carboxylic acids is 1. The molecule has 0 fully saturated rings. The summed E-state index contributed by atoms with van der Waals surface area (Å²) >= 11 is 5.67. The number of carbonyl (C=O) groups is 1. The molecule has 8 heteroatoms. The quantitative estimate of drug-likeness (QED) is 0.824. The van der Waals surface area contributed by atoms with Crippen molar-refractivity contribution in [2.75, 3.05) is 18.4 Å². The minimum Gasteiger partial charge on any atom is -0.322 e. The van der Waals surface area contributed by atoms with E-state index in [1.165, 1.54) is 40.7 Å². The molecule has 0 aliphatic heterocycles. The van der Waals surface area contributed by atoms with Crippen molar-refractivity contribution in [3.05, 3.63) is 58.9 Å². The molecule has 0 radical (unpaired) electrons. The molecule has 0 aliphatic carbocycles. The second-order valence-corrected chi connectivity index (χ2v) is 7.54. The standard InChI is InChI=1S/C17H18ClFN2O3S/c1-3-21(4-2)25(23,24)14-8-5-12(6-9-14)17(22)20-13-7-10-16(19)15(18)11-13/h5-11H,3-4H2,1-2H3,(H,20,22). The predicted molar refractivity (Wildman–Crippen MR) is 95.9 cm³/mol. The van der Waals surface area contributed by atoms with Gasteiger partial charge in [-0.25, -0.2) is 12.8 Å². The van der Waals surface area contributed by atoms with Crippen LogP contribution >= 0.6 is 11.6 Å². The van der Waals surface area contributed by atoms with Crippen molar-refractivity contribution < 1.29 is 17.6 Å². The summed E-state index contributed by atoms with van der Waals surface area (Å²) in [6, 6.07) is 9.47. The summed E-state index contributed by atoms with van der Waals surface area (Å²) in [6.45, 7) is 4.26. The third-order valence-electron chi connectivity index (χ3n) is 3.64. The molecule has 0 atom stereocenters. The highest BCUT2D eigenvalue weighted by molar-refractivity contribution is 7.89. The highest BCUT2D eigenvalue weighted by atomic mass is 35.5. The molecule has 1 N–H and O–H groups in total. The normalized spacial score (nSPS) is 11.6. The van der Waals surface area contributed by atoms with Crippen LogP contribution in [0.1, 0.15) is 24.2 Å². The van der Waals surface area contributed by atoms with Gasteiger partial charge in [0.2, 0.25) is 10.0 Å². The molecule has 0 aliphatic rings. The number of hydrogen-bond acceptors (Lipinski definition) is 3. The van der Waals surface area contributed by atoms with Crippen LogP contribution in [-0.4, -0.2) is 31.7 Å². The molecule has 134 valence electrons. The lowest BCUT2D eigenvalue weighted by molar-refractivity contribution is 0.102.